The summed E-state index contributed by atoms with van der Waals surface area (Å²) in [6.45, 7) is 1.40. The topological polar surface area (TPSA) is 115 Å². The molecule has 2 atom stereocenters. The molecule has 0 unspecified atom stereocenters. The maximum atomic E-state index is 12.8. The Bertz CT molecular complexity index is 889. The minimum Gasteiger partial charge on any atom is -0.461 e. The second-order valence-corrected chi connectivity index (χ2v) is 7.26. The molecule has 3 amide bonds. The standard InChI is InChI=1S/C19H21N3O6/c1-12-5-2-3-7-19(12)17(24)22(18(25)20-19)10-16(23)27-11-13-9-15(28-21-13)14-6-4-8-26-14/h4,6,8-9,12H,2-3,5,7,10-11H2,1H3,(H,20,25)/t12-,19-/m0/s1. The third-order valence-electron chi connectivity index (χ3n) is 5.49. The zero-order chi connectivity index (χ0) is 19.7. The number of hydrogen-bond donors (Lipinski definition) is 1. The highest BCUT2D eigenvalue weighted by Crippen LogP contribution is 2.38. The molecule has 148 valence electrons. The van der Waals surface area contributed by atoms with Gasteiger partial charge in [-0.3, -0.25) is 14.5 Å². The quantitative estimate of drug-likeness (QED) is 0.619. The van der Waals surface area contributed by atoms with Gasteiger partial charge in [-0.05, 0) is 30.9 Å². The minimum atomic E-state index is -0.889. The van der Waals surface area contributed by atoms with Crippen molar-refractivity contribution in [2.75, 3.05) is 6.54 Å². The lowest BCUT2D eigenvalue weighted by molar-refractivity contribution is -0.149. The lowest BCUT2D eigenvalue weighted by atomic mass is 9.73. The number of ether oxygens (including phenoxy) is 1. The first-order chi connectivity index (χ1) is 13.5. The molecule has 1 spiro atoms. The summed E-state index contributed by atoms with van der Waals surface area (Å²) in [5.41, 5.74) is -0.492. The number of aromatic nitrogens is 1. The van der Waals surface area contributed by atoms with Gasteiger partial charge < -0.3 is 19.0 Å². The van der Waals surface area contributed by atoms with Gasteiger partial charge in [-0.1, -0.05) is 24.9 Å². The van der Waals surface area contributed by atoms with Gasteiger partial charge in [0.2, 0.25) is 5.76 Å². The normalized spacial score (nSPS) is 24.6. The molecule has 0 aromatic carbocycles. The van der Waals surface area contributed by atoms with Crippen molar-refractivity contribution in [1.29, 1.82) is 0 Å². The molecule has 9 heteroatoms. The first kappa shape index (κ1) is 18.3. The molecule has 1 saturated heterocycles. The van der Waals surface area contributed by atoms with Crippen molar-refractivity contribution >= 4 is 17.9 Å². The van der Waals surface area contributed by atoms with Crippen molar-refractivity contribution in [3.05, 3.63) is 30.2 Å². The molecule has 1 saturated carbocycles. The molecule has 0 bridgehead atoms. The van der Waals surface area contributed by atoms with E-state index in [0.29, 0.717) is 23.6 Å². The SMILES string of the molecule is C[C@H]1CCCC[C@]12NC(=O)N(CC(=O)OCc1cc(-c3ccco3)on1)C2=O. The second-order valence-electron chi connectivity index (χ2n) is 7.26. The fraction of sp³-hybridized carbons (Fsp3) is 0.474. The number of amides is 3. The zero-order valence-electron chi connectivity index (χ0n) is 15.5. The predicted octanol–water partition coefficient (Wildman–Crippen LogP) is 2.48. The van der Waals surface area contributed by atoms with Gasteiger partial charge in [0.05, 0.1) is 6.26 Å². The van der Waals surface area contributed by atoms with E-state index >= 15 is 0 Å². The van der Waals surface area contributed by atoms with Gasteiger partial charge in [0.15, 0.2) is 5.76 Å². The van der Waals surface area contributed by atoms with E-state index in [0.717, 1.165) is 24.2 Å². The lowest BCUT2D eigenvalue weighted by Crippen LogP contribution is -2.54. The number of nitrogens with one attached hydrogen (secondary N) is 1. The minimum absolute atomic E-state index is 0.0360. The number of carbonyl (C=O) groups excluding carboxylic acids is 3. The van der Waals surface area contributed by atoms with Crippen LogP contribution < -0.4 is 5.32 Å². The van der Waals surface area contributed by atoms with Crippen LogP contribution in [-0.2, 0) is 20.9 Å². The highest BCUT2D eigenvalue weighted by atomic mass is 16.5. The summed E-state index contributed by atoms with van der Waals surface area (Å²) >= 11 is 0. The van der Waals surface area contributed by atoms with Crippen molar-refractivity contribution in [3.8, 4) is 11.5 Å². The van der Waals surface area contributed by atoms with Gasteiger partial charge in [-0.15, -0.1) is 0 Å². The van der Waals surface area contributed by atoms with E-state index in [4.69, 9.17) is 13.7 Å². The number of imide groups is 1. The summed E-state index contributed by atoms with van der Waals surface area (Å²) < 4.78 is 15.5. The molecule has 1 aliphatic carbocycles. The van der Waals surface area contributed by atoms with Crippen LogP contribution in [0, 0.1) is 5.92 Å². The van der Waals surface area contributed by atoms with E-state index in [2.05, 4.69) is 10.5 Å². The van der Waals surface area contributed by atoms with Crippen LogP contribution in [0.5, 0.6) is 0 Å². The molecule has 28 heavy (non-hydrogen) atoms. The zero-order valence-corrected chi connectivity index (χ0v) is 15.5. The maximum absolute atomic E-state index is 12.8. The highest BCUT2D eigenvalue weighted by Gasteiger charge is 2.55. The molecular formula is C19H21N3O6. The fourth-order valence-corrected chi connectivity index (χ4v) is 3.88. The average Bonchev–Trinajstić information content (AvgIpc) is 3.40. The molecule has 2 fully saturated rings. The third-order valence-corrected chi connectivity index (χ3v) is 5.49. The van der Waals surface area contributed by atoms with Crippen LogP contribution in [-0.4, -0.2) is 40.0 Å². The van der Waals surface area contributed by atoms with E-state index in [1.807, 2.05) is 6.92 Å². The Balaban J connectivity index is 1.35. The Morgan fingerprint density at radius 3 is 3.00 bits per heavy atom. The van der Waals surface area contributed by atoms with Gasteiger partial charge in [0, 0.05) is 6.07 Å². The van der Waals surface area contributed by atoms with Crippen LogP contribution in [0.4, 0.5) is 4.79 Å². The van der Waals surface area contributed by atoms with Crippen molar-refractivity contribution in [2.45, 2.75) is 44.8 Å². The van der Waals surface area contributed by atoms with Crippen molar-refractivity contribution < 1.29 is 28.1 Å². The van der Waals surface area contributed by atoms with Crippen LogP contribution in [0.15, 0.2) is 33.4 Å². The molecule has 0 radical (unpaired) electrons. The Morgan fingerprint density at radius 2 is 2.25 bits per heavy atom. The van der Waals surface area contributed by atoms with Gasteiger partial charge in [-0.25, -0.2) is 4.79 Å². The van der Waals surface area contributed by atoms with E-state index in [1.165, 1.54) is 6.26 Å². The molecule has 9 nitrogen and oxygen atoms in total. The van der Waals surface area contributed by atoms with Crippen LogP contribution in [0.3, 0.4) is 0 Å². The number of furan rings is 1. The Morgan fingerprint density at radius 1 is 1.39 bits per heavy atom. The molecule has 1 aliphatic heterocycles. The molecule has 3 heterocycles. The predicted molar refractivity (Wildman–Crippen MR) is 94.6 cm³/mol. The van der Waals surface area contributed by atoms with Gasteiger partial charge >= 0.3 is 12.0 Å². The van der Waals surface area contributed by atoms with Crippen LogP contribution in [0.2, 0.25) is 0 Å². The Kier molecular flexibility index (Phi) is 4.66. The summed E-state index contributed by atoms with van der Waals surface area (Å²) in [5.74, 6) is -0.0710. The van der Waals surface area contributed by atoms with E-state index in [-0.39, 0.29) is 18.4 Å². The summed E-state index contributed by atoms with van der Waals surface area (Å²) in [6.07, 6.45) is 4.88. The van der Waals surface area contributed by atoms with Gasteiger partial charge in [0.25, 0.3) is 5.91 Å². The van der Waals surface area contributed by atoms with Crippen molar-refractivity contribution in [3.63, 3.8) is 0 Å². The molecular weight excluding hydrogens is 366 g/mol. The monoisotopic (exact) mass is 387 g/mol. The van der Waals surface area contributed by atoms with Crippen LogP contribution >= 0.6 is 0 Å². The molecule has 1 N–H and O–H groups in total. The van der Waals surface area contributed by atoms with Gasteiger partial charge in [-0.2, -0.15) is 0 Å². The summed E-state index contributed by atoms with van der Waals surface area (Å²) in [5, 5.41) is 6.62. The Hall–Kier alpha value is -3.10. The lowest BCUT2D eigenvalue weighted by Gasteiger charge is -2.36. The van der Waals surface area contributed by atoms with Crippen LogP contribution in [0.1, 0.15) is 38.3 Å². The largest absolute Gasteiger partial charge is 0.461 e. The smallest absolute Gasteiger partial charge is 0.326 e. The molecule has 4 rings (SSSR count). The molecule has 2 aromatic rings. The number of hydrogen-bond acceptors (Lipinski definition) is 7. The fourth-order valence-electron chi connectivity index (χ4n) is 3.88. The van der Waals surface area contributed by atoms with Crippen LogP contribution in [0.25, 0.3) is 11.5 Å². The number of rotatable bonds is 5. The molecule has 2 aliphatic rings. The maximum Gasteiger partial charge on any atom is 0.326 e. The number of esters is 1. The summed E-state index contributed by atoms with van der Waals surface area (Å²) in [7, 11) is 0. The average molecular weight is 387 g/mol. The highest BCUT2D eigenvalue weighted by molar-refractivity contribution is 6.08. The number of urea groups is 1. The van der Waals surface area contributed by atoms with E-state index < -0.39 is 24.1 Å². The van der Waals surface area contributed by atoms with E-state index in [9.17, 15) is 14.4 Å². The molecule has 2 aromatic heterocycles. The first-order valence-electron chi connectivity index (χ1n) is 9.29. The summed E-state index contributed by atoms with van der Waals surface area (Å²) in [4.78, 5) is 38.3. The summed E-state index contributed by atoms with van der Waals surface area (Å²) in [6, 6.07) is 4.49. The van der Waals surface area contributed by atoms with E-state index in [1.54, 1.807) is 18.2 Å². The van der Waals surface area contributed by atoms with Gasteiger partial charge in [0.1, 0.15) is 24.4 Å². The third kappa shape index (κ3) is 3.17. The number of nitrogens with zero attached hydrogens (tertiary/aromatic N) is 2. The number of carbonyl (C=O) groups is 3. The second kappa shape index (κ2) is 7.14. The Labute approximate surface area is 161 Å². The van der Waals surface area contributed by atoms with Crippen molar-refractivity contribution in [2.24, 2.45) is 5.92 Å². The van der Waals surface area contributed by atoms with Crippen molar-refractivity contribution in [1.82, 2.24) is 15.4 Å². The first-order valence-corrected chi connectivity index (χ1v) is 9.29.